The smallest absolute Gasteiger partial charge is 0.320 e. The number of carbonyl (C=O) groups is 1. The van der Waals surface area contributed by atoms with Gasteiger partial charge >= 0.3 is 5.97 Å². The van der Waals surface area contributed by atoms with Gasteiger partial charge in [0.15, 0.2) is 0 Å². The number of aliphatic carboxylic acids is 1. The first kappa shape index (κ1) is 13.2. The van der Waals surface area contributed by atoms with Crippen molar-refractivity contribution in [2.24, 2.45) is 23.5 Å². The van der Waals surface area contributed by atoms with Gasteiger partial charge in [0.2, 0.25) is 0 Å². The lowest BCUT2D eigenvalue weighted by molar-refractivity contribution is -0.139. The Morgan fingerprint density at radius 2 is 1.94 bits per heavy atom. The van der Waals surface area contributed by atoms with Crippen molar-refractivity contribution >= 4 is 5.97 Å². The lowest BCUT2D eigenvalue weighted by Crippen LogP contribution is -2.36. The molecule has 0 heterocycles. The van der Waals surface area contributed by atoms with Crippen LogP contribution in [0.5, 0.6) is 0 Å². The fraction of sp³-hybridized carbons (Fsp3) is 0.769. The second-order valence-corrected chi connectivity index (χ2v) is 4.97. The predicted octanol–water partition coefficient (Wildman–Crippen LogP) is 2.42. The van der Waals surface area contributed by atoms with Gasteiger partial charge in [-0.3, -0.25) is 4.79 Å². The van der Waals surface area contributed by atoms with Gasteiger partial charge in [-0.15, -0.1) is 0 Å². The molecule has 1 saturated carbocycles. The lowest BCUT2D eigenvalue weighted by atomic mass is 10.0. The van der Waals surface area contributed by atoms with E-state index in [1.165, 1.54) is 19.3 Å². The van der Waals surface area contributed by atoms with Gasteiger partial charge in [-0.05, 0) is 37.0 Å². The van der Waals surface area contributed by atoms with E-state index in [4.69, 9.17) is 10.8 Å². The highest BCUT2D eigenvalue weighted by Gasteiger charge is 2.25. The Kier molecular flexibility index (Phi) is 5.00. The summed E-state index contributed by atoms with van der Waals surface area (Å²) in [6.45, 7) is 3.76. The van der Waals surface area contributed by atoms with E-state index in [0.29, 0.717) is 0 Å². The molecule has 3 nitrogen and oxygen atoms in total. The van der Waals surface area contributed by atoms with Crippen LogP contribution in [0, 0.1) is 17.8 Å². The van der Waals surface area contributed by atoms with Crippen LogP contribution in [-0.4, -0.2) is 17.1 Å². The maximum Gasteiger partial charge on any atom is 0.320 e. The van der Waals surface area contributed by atoms with Crippen LogP contribution < -0.4 is 5.73 Å². The molecular formula is C13H23NO2. The van der Waals surface area contributed by atoms with Crippen molar-refractivity contribution < 1.29 is 9.90 Å². The molecule has 0 aromatic heterocycles. The average molecular weight is 225 g/mol. The molecule has 4 unspecified atom stereocenters. The molecule has 2 aliphatic carbocycles. The summed E-state index contributed by atoms with van der Waals surface area (Å²) in [5.74, 6) is 1.14. The van der Waals surface area contributed by atoms with Crippen molar-refractivity contribution in [3.63, 3.8) is 0 Å². The number of allylic oxidation sites excluding steroid dienone is 2. The molecule has 3 N–H and O–H groups in total. The summed E-state index contributed by atoms with van der Waals surface area (Å²) in [5.41, 5.74) is 5.27. The van der Waals surface area contributed by atoms with Crippen molar-refractivity contribution in [2.45, 2.75) is 45.6 Å². The monoisotopic (exact) mass is 225 g/mol. The van der Waals surface area contributed by atoms with Crippen LogP contribution in [0.3, 0.4) is 0 Å². The van der Waals surface area contributed by atoms with Crippen molar-refractivity contribution in [3.05, 3.63) is 12.2 Å². The minimum absolute atomic E-state index is 0.0718. The SMILES string of the molecule is C1=CC2CCC1C2.CCC(C)C(N)C(=O)O. The molecule has 0 aliphatic heterocycles. The number of rotatable bonds is 3. The van der Waals surface area contributed by atoms with Gasteiger partial charge in [0.1, 0.15) is 6.04 Å². The molecule has 92 valence electrons. The van der Waals surface area contributed by atoms with Gasteiger partial charge in [0.25, 0.3) is 0 Å². The highest BCUT2D eigenvalue weighted by atomic mass is 16.4. The number of nitrogens with two attached hydrogens (primary N) is 1. The van der Waals surface area contributed by atoms with Crippen molar-refractivity contribution in [1.29, 1.82) is 0 Å². The summed E-state index contributed by atoms with van der Waals surface area (Å²) in [7, 11) is 0. The summed E-state index contributed by atoms with van der Waals surface area (Å²) >= 11 is 0. The Bertz CT molecular complexity index is 251. The van der Waals surface area contributed by atoms with Crippen molar-refractivity contribution in [1.82, 2.24) is 0 Å². The highest BCUT2D eigenvalue weighted by molar-refractivity contribution is 5.73. The zero-order chi connectivity index (χ0) is 12.1. The van der Waals surface area contributed by atoms with Crippen LogP contribution in [-0.2, 0) is 4.79 Å². The van der Waals surface area contributed by atoms with E-state index in [1.807, 2.05) is 13.8 Å². The van der Waals surface area contributed by atoms with Crippen LogP contribution in [0.4, 0.5) is 0 Å². The van der Waals surface area contributed by atoms with E-state index >= 15 is 0 Å². The van der Waals surface area contributed by atoms with E-state index in [-0.39, 0.29) is 5.92 Å². The quantitative estimate of drug-likeness (QED) is 0.725. The van der Waals surface area contributed by atoms with Crippen molar-refractivity contribution in [3.8, 4) is 0 Å². The van der Waals surface area contributed by atoms with Gasteiger partial charge in [-0.2, -0.15) is 0 Å². The largest absolute Gasteiger partial charge is 0.480 e. The number of fused-ring (bicyclic) bond motifs is 2. The third kappa shape index (κ3) is 3.63. The van der Waals surface area contributed by atoms with Crippen LogP contribution in [0.1, 0.15) is 39.5 Å². The first-order valence-electron chi connectivity index (χ1n) is 6.21. The molecule has 3 heteroatoms. The molecule has 0 amide bonds. The number of carboxylic acids is 1. The predicted molar refractivity (Wildman–Crippen MR) is 65.0 cm³/mol. The van der Waals surface area contributed by atoms with Gasteiger partial charge in [-0.25, -0.2) is 0 Å². The summed E-state index contributed by atoms with van der Waals surface area (Å²) in [6, 6.07) is -0.699. The zero-order valence-electron chi connectivity index (χ0n) is 10.2. The van der Waals surface area contributed by atoms with Gasteiger partial charge in [0, 0.05) is 0 Å². The molecule has 2 bridgehead atoms. The summed E-state index contributed by atoms with van der Waals surface area (Å²) in [6.07, 6.45) is 10.00. The second-order valence-electron chi connectivity index (χ2n) is 4.97. The molecule has 0 spiro atoms. The number of hydrogen-bond acceptors (Lipinski definition) is 2. The van der Waals surface area contributed by atoms with E-state index in [1.54, 1.807) is 0 Å². The third-order valence-electron chi connectivity index (χ3n) is 3.71. The molecule has 1 fully saturated rings. The fourth-order valence-electron chi connectivity index (χ4n) is 2.21. The van der Waals surface area contributed by atoms with Crippen LogP contribution >= 0.6 is 0 Å². The van der Waals surface area contributed by atoms with Gasteiger partial charge in [0.05, 0.1) is 0 Å². The van der Waals surface area contributed by atoms with Gasteiger partial charge < -0.3 is 10.8 Å². The Hall–Kier alpha value is -0.830. The molecule has 0 saturated heterocycles. The Morgan fingerprint density at radius 3 is 2.06 bits per heavy atom. The van der Waals surface area contributed by atoms with Crippen LogP contribution in [0.15, 0.2) is 12.2 Å². The van der Waals surface area contributed by atoms with Gasteiger partial charge in [-0.1, -0.05) is 32.4 Å². The minimum atomic E-state index is -0.913. The molecule has 0 radical (unpaired) electrons. The molecule has 16 heavy (non-hydrogen) atoms. The van der Waals surface area contributed by atoms with E-state index in [0.717, 1.165) is 18.3 Å². The standard InChI is InChI=1S/C7H10.C6H13NO2/c1-2-7-4-3-6(1)5-7;1-3-4(2)5(7)6(8)9/h1-2,6-7H,3-5H2;4-5H,3,7H2,1-2H3,(H,8,9). The lowest BCUT2D eigenvalue weighted by Gasteiger charge is -2.11. The maximum absolute atomic E-state index is 10.2. The summed E-state index contributed by atoms with van der Waals surface area (Å²) in [4.78, 5) is 10.2. The van der Waals surface area contributed by atoms with Crippen LogP contribution in [0.2, 0.25) is 0 Å². The Labute approximate surface area is 97.7 Å². The topological polar surface area (TPSA) is 63.3 Å². The maximum atomic E-state index is 10.2. The number of hydrogen-bond donors (Lipinski definition) is 2. The van der Waals surface area contributed by atoms with E-state index < -0.39 is 12.0 Å². The molecular weight excluding hydrogens is 202 g/mol. The van der Waals surface area contributed by atoms with E-state index in [2.05, 4.69) is 12.2 Å². The Balaban J connectivity index is 0.000000163. The third-order valence-corrected chi connectivity index (χ3v) is 3.71. The molecule has 4 atom stereocenters. The first-order chi connectivity index (χ1) is 7.54. The Morgan fingerprint density at radius 1 is 1.44 bits per heavy atom. The van der Waals surface area contributed by atoms with Crippen molar-refractivity contribution in [2.75, 3.05) is 0 Å². The highest BCUT2D eigenvalue weighted by Crippen LogP contribution is 2.38. The fourth-order valence-corrected chi connectivity index (χ4v) is 2.21. The number of carboxylic acid groups (broad SMARTS) is 1. The van der Waals surface area contributed by atoms with Crippen LogP contribution in [0.25, 0.3) is 0 Å². The average Bonchev–Trinajstić information content (AvgIpc) is 2.91. The molecule has 2 rings (SSSR count). The molecule has 0 aromatic carbocycles. The minimum Gasteiger partial charge on any atom is -0.480 e. The summed E-state index contributed by atoms with van der Waals surface area (Å²) < 4.78 is 0. The normalized spacial score (nSPS) is 29.4. The molecule has 2 aliphatic rings. The van der Waals surface area contributed by atoms with E-state index in [9.17, 15) is 4.79 Å². The zero-order valence-corrected chi connectivity index (χ0v) is 10.2. The molecule has 0 aromatic rings. The first-order valence-corrected chi connectivity index (χ1v) is 6.21. The summed E-state index contributed by atoms with van der Waals surface area (Å²) in [5, 5.41) is 8.36. The second kappa shape index (κ2) is 6.04.